The highest BCUT2D eigenvalue weighted by molar-refractivity contribution is 7.99. The number of sulfonamides is 1. The molecule has 0 atom stereocenters. The number of hydrogen-bond donors (Lipinski definition) is 1. The van der Waals surface area contributed by atoms with Crippen molar-refractivity contribution in [3.05, 3.63) is 59.2 Å². The molecule has 1 aliphatic heterocycles. The lowest BCUT2D eigenvalue weighted by molar-refractivity contribution is -0.113. The van der Waals surface area contributed by atoms with Gasteiger partial charge in [-0.15, -0.1) is 0 Å². The summed E-state index contributed by atoms with van der Waals surface area (Å²) in [5, 5.41) is 4.51. The van der Waals surface area contributed by atoms with E-state index in [1.165, 1.54) is 11.8 Å². The number of nitrogens with one attached hydrogen (secondary N) is 1. The first-order chi connectivity index (χ1) is 15.7. The van der Waals surface area contributed by atoms with E-state index in [-0.39, 0.29) is 11.7 Å². The number of aryl methyl sites for hydroxylation is 3. The predicted molar refractivity (Wildman–Crippen MR) is 134 cm³/mol. The maximum absolute atomic E-state index is 13.0. The molecule has 3 aromatic rings. The minimum atomic E-state index is -3.49. The summed E-state index contributed by atoms with van der Waals surface area (Å²) in [4.78, 5) is 17.4. The standard InChI is InChI=1S/C25H29N3O3S2/c1-17-7-9-22(19(3)13-17)26-24(29)16-32-25-14-18(2)21-15-20(8-10-23(21)27-25)33(30,31)28-11-5-4-6-12-28/h7-10,13-15H,4-6,11-12,16H2,1-3H3,(H,26,29). The number of pyridine rings is 1. The lowest BCUT2D eigenvalue weighted by Gasteiger charge is -2.26. The molecule has 0 spiro atoms. The summed E-state index contributed by atoms with van der Waals surface area (Å²) >= 11 is 1.37. The predicted octanol–water partition coefficient (Wildman–Crippen LogP) is 5.07. The maximum Gasteiger partial charge on any atom is 0.243 e. The van der Waals surface area contributed by atoms with Gasteiger partial charge in [-0.3, -0.25) is 4.79 Å². The van der Waals surface area contributed by atoms with E-state index in [0.29, 0.717) is 18.0 Å². The molecule has 2 heterocycles. The number of amides is 1. The Kier molecular flexibility index (Phi) is 7.07. The third-order valence-corrected chi connectivity index (χ3v) is 8.73. The Hall–Kier alpha value is -2.42. The number of anilines is 1. The number of aromatic nitrogens is 1. The molecule has 174 valence electrons. The highest BCUT2D eigenvalue weighted by Crippen LogP contribution is 2.28. The molecular formula is C25H29N3O3S2. The number of benzene rings is 2. The van der Waals surface area contributed by atoms with Gasteiger partial charge in [-0.1, -0.05) is 35.9 Å². The molecule has 8 heteroatoms. The van der Waals surface area contributed by atoms with Crippen LogP contribution in [0.4, 0.5) is 5.69 Å². The number of carbonyl (C=O) groups is 1. The molecule has 1 aromatic heterocycles. The molecule has 1 amide bonds. The van der Waals surface area contributed by atoms with Gasteiger partial charge in [0.05, 0.1) is 21.2 Å². The van der Waals surface area contributed by atoms with Gasteiger partial charge in [0.2, 0.25) is 15.9 Å². The topological polar surface area (TPSA) is 79.4 Å². The smallest absolute Gasteiger partial charge is 0.243 e. The normalized spacial score (nSPS) is 15.0. The molecule has 4 rings (SSSR count). The van der Waals surface area contributed by atoms with E-state index in [1.54, 1.807) is 22.5 Å². The van der Waals surface area contributed by atoms with Crippen LogP contribution in [-0.2, 0) is 14.8 Å². The fourth-order valence-corrected chi connectivity index (χ4v) is 6.43. The Bertz CT molecular complexity index is 1300. The van der Waals surface area contributed by atoms with Crippen molar-refractivity contribution in [2.45, 2.75) is 50.0 Å². The van der Waals surface area contributed by atoms with E-state index in [4.69, 9.17) is 0 Å². The van der Waals surface area contributed by atoms with Crippen molar-refractivity contribution < 1.29 is 13.2 Å². The molecule has 6 nitrogen and oxygen atoms in total. The number of thioether (sulfide) groups is 1. The van der Waals surface area contributed by atoms with Crippen LogP contribution in [0.15, 0.2) is 52.4 Å². The zero-order valence-electron chi connectivity index (χ0n) is 19.2. The molecule has 0 radical (unpaired) electrons. The molecule has 1 fully saturated rings. The second-order valence-corrected chi connectivity index (χ2v) is 11.5. The largest absolute Gasteiger partial charge is 0.325 e. The van der Waals surface area contributed by atoms with Gasteiger partial charge in [0, 0.05) is 24.2 Å². The average Bonchev–Trinajstić information content (AvgIpc) is 2.80. The molecule has 33 heavy (non-hydrogen) atoms. The lowest BCUT2D eigenvalue weighted by atomic mass is 10.1. The van der Waals surface area contributed by atoms with Crippen molar-refractivity contribution >= 4 is 44.3 Å². The summed E-state index contributed by atoms with van der Waals surface area (Å²) in [6, 6.07) is 13.0. The van der Waals surface area contributed by atoms with Crippen molar-refractivity contribution in [2.24, 2.45) is 0 Å². The highest BCUT2D eigenvalue weighted by Gasteiger charge is 2.26. The maximum atomic E-state index is 13.0. The van der Waals surface area contributed by atoms with Gasteiger partial charge in [0.15, 0.2) is 0 Å². The molecule has 1 aliphatic rings. The number of nitrogens with zero attached hydrogens (tertiary/aromatic N) is 2. The third kappa shape index (κ3) is 5.39. The second kappa shape index (κ2) is 9.83. The van der Waals surface area contributed by atoms with Gasteiger partial charge in [-0.25, -0.2) is 13.4 Å². The molecule has 0 aliphatic carbocycles. The molecular weight excluding hydrogens is 454 g/mol. The van der Waals surface area contributed by atoms with E-state index >= 15 is 0 Å². The number of rotatable bonds is 6. The summed E-state index contributed by atoms with van der Waals surface area (Å²) in [5.41, 5.74) is 4.67. The van der Waals surface area contributed by atoms with Crippen LogP contribution < -0.4 is 5.32 Å². The monoisotopic (exact) mass is 483 g/mol. The Morgan fingerprint density at radius 1 is 1.00 bits per heavy atom. The number of carbonyl (C=O) groups excluding carboxylic acids is 1. The van der Waals surface area contributed by atoms with Gasteiger partial charge < -0.3 is 5.32 Å². The van der Waals surface area contributed by atoms with Crippen LogP contribution in [0.3, 0.4) is 0 Å². The molecule has 0 saturated carbocycles. The van der Waals surface area contributed by atoms with Crippen molar-refractivity contribution in [1.82, 2.24) is 9.29 Å². The fraction of sp³-hybridized carbons (Fsp3) is 0.360. The first-order valence-corrected chi connectivity index (χ1v) is 13.6. The van der Waals surface area contributed by atoms with Crippen LogP contribution in [0.1, 0.15) is 36.0 Å². The zero-order valence-corrected chi connectivity index (χ0v) is 20.9. The molecule has 1 N–H and O–H groups in total. The summed E-state index contributed by atoms with van der Waals surface area (Å²) in [6.07, 6.45) is 2.89. The summed E-state index contributed by atoms with van der Waals surface area (Å²) < 4.78 is 27.7. The van der Waals surface area contributed by atoms with Crippen molar-refractivity contribution in [2.75, 3.05) is 24.2 Å². The highest BCUT2D eigenvalue weighted by atomic mass is 32.2. The molecule has 0 unspecified atom stereocenters. The minimum Gasteiger partial charge on any atom is -0.325 e. The minimum absolute atomic E-state index is 0.0884. The van der Waals surface area contributed by atoms with Crippen molar-refractivity contribution in [3.8, 4) is 0 Å². The molecule has 2 aromatic carbocycles. The Labute approximate surface area is 199 Å². The van der Waals surface area contributed by atoms with Crippen LogP contribution in [0, 0.1) is 20.8 Å². The average molecular weight is 484 g/mol. The van der Waals surface area contributed by atoms with Crippen LogP contribution in [0.25, 0.3) is 10.9 Å². The summed E-state index contributed by atoms with van der Waals surface area (Å²) in [7, 11) is -3.49. The number of piperidine rings is 1. The SMILES string of the molecule is Cc1ccc(NC(=O)CSc2cc(C)c3cc(S(=O)(=O)N4CCCCC4)ccc3n2)c(C)c1. The van der Waals surface area contributed by atoms with E-state index in [2.05, 4.69) is 10.3 Å². The fourth-order valence-electron chi connectivity index (χ4n) is 4.11. The molecule has 0 bridgehead atoms. The zero-order chi connectivity index (χ0) is 23.6. The quantitative estimate of drug-likeness (QED) is 0.496. The van der Waals surface area contributed by atoms with Gasteiger partial charge in [-0.2, -0.15) is 4.31 Å². The van der Waals surface area contributed by atoms with Crippen molar-refractivity contribution in [1.29, 1.82) is 0 Å². The Balaban J connectivity index is 1.48. The summed E-state index contributed by atoms with van der Waals surface area (Å²) in [5.74, 6) is 0.154. The third-order valence-electron chi connectivity index (χ3n) is 5.92. The van der Waals surface area contributed by atoms with Crippen LogP contribution in [0.5, 0.6) is 0 Å². The van der Waals surface area contributed by atoms with Crippen molar-refractivity contribution in [3.63, 3.8) is 0 Å². The van der Waals surface area contributed by atoms with Gasteiger partial charge in [0.1, 0.15) is 0 Å². The van der Waals surface area contributed by atoms with Crippen LogP contribution in [-0.4, -0.2) is 42.5 Å². The van der Waals surface area contributed by atoms with Gasteiger partial charge >= 0.3 is 0 Å². The number of fused-ring (bicyclic) bond motifs is 1. The van der Waals surface area contributed by atoms with E-state index in [1.807, 2.05) is 45.0 Å². The van der Waals surface area contributed by atoms with Crippen LogP contribution in [0.2, 0.25) is 0 Å². The van der Waals surface area contributed by atoms with E-state index < -0.39 is 10.0 Å². The van der Waals surface area contributed by atoms with Gasteiger partial charge in [0.25, 0.3) is 0 Å². The summed E-state index contributed by atoms with van der Waals surface area (Å²) in [6.45, 7) is 7.10. The number of hydrogen-bond acceptors (Lipinski definition) is 5. The van der Waals surface area contributed by atoms with E-state index in [0.717, 1.165) is 57.6 Å². The van der Waals surface area contributed by atoms with Crippen LogP contribution >= 0.6 is 11.8 Å². The Morgan fingerprint density at radius 3 is 2.48 bits per heavy atom. The van der Waals surface area contributed by atoms with Gasteiger partial charge in [-0.05, 0) is 75.1 Å². The van der Waals surface area contributed by atoms with E-state index in [9.17, 15) is 13.2 Å². The molecule has 1 saturated heterocycles. The first-order valence-electron chi connectivity index (χ1n) is 11.2. The first kappa shape index (κ1) is 23.7. The lowest BCUT2D eigenvalue weighted by Crippen LogP contribution is -2.35. The Morgan fingerprint density at radius 2 is 1.76 bits per heavy atom. The second-order valence-electron chi connectivity index (χ2n) is 8.58.